The Bertz CT molecular complexity index is 1890. The fourth-order valence-electron chi connectivity index (χ4n) is 8.70. The highest BCUT2D eigenvalue weighted by molar-refractivity contribution is 6.13. The van der Waals surface area contributed by atoms with Crippen LogP contribution in [0.15, 0.2) is 84.4 Å². The van der Waals surface area contributed by atoms with Gasteiger partial charge in [0, 0.05) is 30.5 Å². The number of phenols is 1. The number of carboxylic acid groups (broad SMARTS) is 1. The average Bonchev–Trinajstić information content (AvgIpc) is 3.46. The van der Waals surface area contributed by atoms with Crippen LogP contribution >= 0.6 is 0 Å². The second-order valence-corrected chi connectivity index (χ2v) is 13.3. The molecule has 3 aromatic carbocycles. The third-order valence-corrected chi connectivity index (χ3v) is 10.8. The first-order valence-electron chi connectivity index (χ1n) is 16.5. The lowest BCUT2D eigenvalue weighted by Gasteiger charge is -2.50. The molecule has 49 heavy (non-hydrogen) atoms. The number of carboxylic acids is 1. The SMILES string of the molecule is COc1cc(O)ccc1[C@H]1C2=CC[C@@H]3C(=O)N(CCCC(=O)O)C(=O)[C@@H]3[C@@H]2C[C@H]2C(=O)N(Nc3ccc(C)cc3)C(=O)[C@@]12c1ccccc1. The summed E-state index contributed by atoms with van der Waals surface area (Å²) in [6, 6.07) is 21.2. The molecule has 4 aliphatic rings. The van der Waals surface area contributed by atoms with E-state index < -0.39 is 52.8 Å². The standard InChI is InChI=1S/C38H37N3O8/c1-21-10-12-23(13-11-21)39-41-35(46)29-20-28-25(16-17-27-32(28)36(47)40(34(27)45)18-6-9-31(43)44)33(26-15-14-24(42)19-30(26)49-2)38(29,37(41)48)22-7-4-3-5-8-22/h3-5,7-8,10-16,19,27-29,32-33,39,42H,6,9,17-18,20H2,1-2H3,(H,43,44)/t27-,28+,29-,32-,33+,38+/m0/s1. The van der Waals surface area contributed by atoms with Gasteiger partial charge in [0.2, 0.25) is 11.8 Å². The highest BCUT2D eigenvalue weighted by atomic mass is 16.5. The molecular weight excluding hydrogens is 626 g/mol. The number of rotatable bonds is 9. The molecule has 11 nitrogen and oxygen atoms in total. The number of nitrogens with one attached hydrogen (secondary N) is 1. The number of imide groups is 2. The number of hydrogen-bond donors (Lipinski definition) is 3. The van der Waals surface area contributed by atoms with E-state index in [0.717, 1.165) is 16.1 Å². The van der Waals surface area contributed by atoms with Crippen LogP contribution in [0.2, 0.25) is 0 Å². The monoisotopic (exact) mass is 663 g/mol. The molecule has 7 rings (SSSR count). The van der Waals surface area contributed by atoms with Crippen molar-refractivity contribution in [3.8, 4) is 11.5 Å². The summed E-state index contributed by atoms with van der Waals surface area (Å²) in [7, 11) is 1.47. The van der Waals surface area contributed by atoms with E-state index in [-0.39, 0.29) is 49.8 Å². The molecule has 1 saturated carbocycles. The Balaban J connectivity index is 1.41. The number of benzene rings is 3. The summed E-state index contributed by atoms with van der Waals surface area (Å²) in [5.74, 6) is -6.12. The lowest BCUT2D eigenvalue weighted by molar-refractivity contribution is -0.142. The molecular formula is C38H37N3O8. The minimum Gasteiger partial charge on any atom is -0.508 e. The first-order valence-corrected chi connectivity index (χ1v) is 16.5. The molecule has 3 aromatic rings. The number of fused-ring (bicyclic) bond motifs is 4. The minimum absolute atomic E-state index is 0.00270. The van der Waals surface area contributed by atoms with E-state index in [2.05, 4.69) is 5.43 Å². The summed E-state index contributed by atoms with van der Waals surface area (Å²) in [6.45, 7) is 1.94. The number of allylic oxidation sites excluding steroid dienone is 2. The Morgan fingerprint density at radius 1 is 0.959 bits per heavy atom. The maximum Gasteiger partial charge on any atom is 0.303 e. The van der Waals surface area contributed by atoms with Crippen LogP contribution in [0.3, 0.4) is 0 Å². The molecule has 2 aliphatic heterocycles. The summed E-state index contributed by atoms with van der Waals surface area (Å²) >= 11 is 0. The lowest BCUT2D eigenvalue weighted by atomic mass is 9.49. The molecule has 0 unspecified atom stereocenters. The van der Waals surface area contributed by atoms with Crippen molar-refractivity contribution in [3.05, 3.63) is 101 Å². The topological polar surface area (TPSA) is 154 Å². The Labute approximate surface area is 283 Å². The number of ether oxygens (including phenoxy) is 1. The van der Waals surface area contributed by atoms with Crippen molar-refractivity contribution < 1.29 is 38.9 Å². The maximum absolute atomic E-state index is 15.2. The molecule has 0 bridgehead atoms. The predicted octanol–water partition coefficient (Wildman–Crippen LogP) is 4.56. The molecule has 6 atom stereocenters. The van der Waals surface area contributed by atoms with Gasteiger partial charge in [0.05, 0.1) is 36.0 Å². The summed E-state index contributed by atoms with van der Waals surface area (Å²) in [6.07, 6.45) is 2.29. The van der Waals surface area contributed by atoms with Gasteiger partial charge >= 0.3 is 5.97 Å². The van der Waals surface area contributed by atoms with Crippen LogP contribution in [0.5, 0.6) is 11.5 Å². The molecule has 0 spiro atoms. The fraction of sp³-hybridized carbons (Fsp3) is 0.342. The van der Waals surface area contributed by atoms with Gasteiger partial charge in [-0.3, -0.25) is 34.3 Å². The van der Waals surface area contributed by atoms with Crippen molar-refractivity contribution in [1.82, 2.24) is 9.91 Å². The number of likely N-dealkylation sites (tertiary alicyclic amines) is 1. The largest absolute Gasteiger partial charge is 0.508 e. The fourth-order valence-corrected chi connectivity index (χ4v) is 8.70. The number of nitrogens with zero attached hydrogens (tertiary/aromatic N) is 2. The highest BCUT2D eigenvalue weighted by Crippen LogP contribution is 2.65. The lowest BCUT2D eigenvalue weighted by Crippen LogP contribution is -2.53. The summed E-state index contributed by atoms with van der Waals surface area (Å²) in [5.41, 5.74) is 5.12. The zero-order valence-electron chi connectivity index (χ0n) is 27.2. The van der Waals surface area contributed by atoms with Gasteiger partial charge in [0.1, 0.15) is 11.5 Å². The van der Waals surface area contributed by atoms with Gasteiger partial charge in [-0.15, -0.1) is 0 Å². The Morgan fingerprint density at radius 2 is 1.69 bits per heavy atom. The first-order chi connectivity index (χ1) is 23.6. The van der Waals surface area contributed by atoms with Gasteiger partial charge in [-0.1, -0.05) is 65.7 Å². The number of carbonyl (C=O) groups is 5. The van der Waals surface area contributed by atoms with Crippen LogP contribution in [0.25, 0.3) is 0 Å². The van der Waals surface area contributed by atoms with E-state index in [1.165, 1.54) is 24.1 Å². The summed E-state index contributed by atoms with van der Waals surface area (Å²) in [5, 5.41) is 20.7. The van der Waals surface area contributed by atoms with Gasteiger partial charge in [-0.2, -0.15) is 5.01 Å². The van der Waals surface area contributed by atoms with Crippen LogP contribution in [0.4, 0.5) is 5.69 Å². The second kappa shape index (κ2) is 12.2. The van der Waals surface area contributed by atoms with Crippen molar-refractivity contribution in [2.24, 2.45) is 23.7 Å². The summed E-state index contributed by atoms with van der Waals surface area (Å²) < 4.78 is 5.80. The number of carbonyl (C=O) groups excluding carboxylic acids is 4. The quantitative estimate of drug-likeness (QED) is 0.221. The van der Waals surface area contributed by atoms with Gasteiger partial charge in [-0.05, 0) is 55.9 Å². The van der Waals surface area contributed by atoms with Crippen LogP contribution in [-0.4, -0.2) is 63.4 Å². The molecule has 252 valence electrons. The molecule has 0 radical (unpaired) electrons. The van der Waals surface area contributed by atoms with Crippen molar-refractivity contribution in [2.45, 2.75) is 43.9 Å². The molecule has 2 aliphatic carbocycles. The molecule has 0 aromatic heterocycles. The Hall–Kier alpha value is -5.45. The normalized spacial score (nSPS) is 27.4. The van der Waals surface area contributed by atoms with E-state index in [9.17, 15) is 24.3 Å². The van der Waals surface area contributed by atoms with Crippen molar-refractivity contribution in [3.63, 3.8) is 0 Å². The number of hydrazine groups is 1. The van der Waals surface area contributed by atoms with E-state index in [1.807, 2.05) is 55.5 Å². The maximum atomic E-state index is 15.2. The zero-order valence-corrected chi connectivity index (χ0v) is 27.2. The molecule has 4 amide bonds. The number of amides is 4. The average molecular weight is 664 g/mol. The zero-order chi connectivity index (χ0) is 34.6. The van der Waals surface area contributed by atoms with E-state index in [4.69, 9.17) is 9.84 Å². The van der Waals surface area contributed by atoms with Crippen molar-refractivity contribution in [2.75, 3.05) is 19.1 Å². The number of aryl methyl sites for hydroxylation is 1. The number of methoxy groups -OCH3 is 1. The first kappa shape index (κ1) is 32.1. The highest BCUT2D eigenvalue weighted by Gasteiger charge is 2.70. The second-order valence-electron chi connectivity index (χ2n) is 13.3. The van der Waals surface area contributed by atoms with E-state index in [0.29, 0.717) is 22.6 Å². The van der Waals surface area contributed by atoms with Gasteiger partial charge < -0.3 is 14.9 Å². The smallest absolute Gasteiger partial charge is 0.303 e. The number of phenolic OH excluding ortho intramolecular Hbond substituents is 1. The van der Waals surface area contributed by atoms with E-state index >= 15 is 4.79 Å². The third-order valence-electron chi connectivity index (χ3n) is 10.8. The van der Waals surface area contributed by atoms with Gasteiger partial charge in [0.15, 0.2) is 0 Å². The number of aromatic hydroxyl groups is 1. The molecule has 11 heteroatoms. The van der Waals surface area contributed by atoms with E-state index in [1.54, 1.807) is 18.2 Å². The van der Waals surface area contributed by atoms with Crippen LogP contribution in [-0.2, 0) is 29.4 Å². The third kappa shape index (κ3) is 4.98. The number of aliphatic carboxylic acids is 1. The molecule has 2 saturated heterocycles. The predicted molar refractivity (Wildman–Crippen MR) is 177 cm³/mol. The van der Waals surface area contributed by atoms with Gasteiger partial charge in [0.25, 0.3) is 11.8 Å². The molecule has 2 heterocycles. The molecule has 3 fully saturated rings. The van der Waals surface area contributed by atoms with Crippen LogP contribution < -0.4 is 10.2 Å². The number of hydrogen-bond acceptors (Lipinski definition) is 8. The van der Waals surface area contributed by atoms with Crippen LogP contribution in [0, 0.1) is 30.6 Å². The summed E-state index contributed by atoms with van der Waals surface area (Å²) in [4.78, 5) is 70.0. The van der Waals surface area contributed by atoms with Crippen LogP contribution in [0.1, 0.15) is 48.3 Å². The van der Waals surface area contributed by atoms with Gasteiger partial charge in [-0.25, -0.2) is 0 Å². The van der Waals surface area contributed by atoms with Crippen molar-refractivity contribution >= 4 is 35.3 Å². The molecule has 3 N–H and O–H groups in total. The van der Waals surface area contributed by atoms with Crippen molar-refractivity contribution in [1.29, 1.82) is 0 Å². The Morgan fingerprint density at radius 3 is 2.39 bits per heavy atom. The number of anilines is 1. The minimum atomic E-state index is -1.47. The Kier molecular flexibility index (Phi) is 8.01.